The Morgan fingerprint density at radius 1 is 1.11 bits per heavy atom. The normalized spacial score (nSPS) is 21.3. The first kappa shape index (κ1) is 20.3. The monoisotopic (exact) mass is 387 g/mol. The van der Waals surface area contributed by atoms with Gasteiger partial charge in [0, 0.05) is 45.0 Å². The third-order valence-electron chi connectivity index (χ3n) is 5.32. The summed E-state index contributed by atoms with van der Waals surface area (Å²) in [7, 11) is 2.07. The third kappa shape index (κ3) is 5.30. The molecule has 1 unspecified atom stereocenters. The first-order valence-corrected chi connectivity index (χ1v) is 9.77. The maximum Gasteiger partial charge on any atom is 0.243 e. The summed E-state index contributed by atoms with van der Waals surface area (Å²) in [6.07, 6.45) is -0.0474. The Labute approximate surface area is 165 Å². The molecule has 2 heterocycles. The number of carbonyl (C=O) groups is 3. The van der Waals surface area contributed by atoms with Crippen molar-refractivity contribution in [3.05, 3.63) is 29.8 Å². The summed E-state index contributed by atoms with van der Waals surface area (Å²) in [6, 6.07) is 6.71. The van der Waals surface area contributed by atoms with E-state index >= 15 is 0 Å². The first-order valence-electron chi connectivity index (χ1n) is 9.77. The van der Waals surface area contributed by atoms with Crippen molar-refractivity contribution in [2.75, 3.05) is 58.2 Å². The van der Waals surface area contributed by atoms with Crippen molar-refractivity contribution in [2.45, 2.75) is 19.4 Å². The standard InChI is InChI=1S/C20H29N5O3/c1-15-3-5-16(6-4-15)22-18(26)13-17-20(28)21-7-8-25(17)19(27)14-24-11-9-23(2)10-12-24/h3-6,17H,7-14H2,1-2H3,(H,21,28)(H,22,26). The number of likely N-dealkylation sites (N-methyl/N-ethyl adjacent to an activating group) is 1. The van der Waals surface area contributed by atoms with E-state index in [2.05, 4.69) is 27.5 Å². The number of carbonyl (C=O) groups excluding carboxylic acids is 3. The number of piperazine rings is 2. The Morgan fingerprint density at radius 2 is 1.79 bits per heavy atom. The number of benzene rings is 1. The van der Waals surface area contributed by atoms with Gasteiger partial charge in [-0.05, 0) is 26.1 Å². The summed E-state index contributed by atoms with van der Waals surface area (Å²) in [5.41, 5.74) is 1.78. The van der Waals surface area contributed by atoms with Crippen molar-refractivity contribution in [3.63, 3.8) is 0 Å². The molecule has 0 aliphatic carbocycles. The van der Waals surface area contributed by atoms with Crippen molar-refractivity contribution >= 4 is 23.4 Å². The van der Waals surface area contributed by atoms with Gasteiger partial charge in [0.05, 0.1) is 13.0 Å². The highest BCUT2D eigenvalue weighted by Crippen LogP contribution is 2.14. The van der Waals surface area contributed by atoms with Gasteiger partial charge in [-0.2, -0.15) is 0 Å². The number of rotatable bonds is 5. The summed E-state index contributed by atoms with van der Waals surface area (Å²) < 4.78 is 0. The topological polar surface area (TPSA) is 85.0 Å². The van der Waals surface area contributed by atoms with Crippen LogP contribution in [-0.4, -0.2) is 91.3 Å². The smallest absolute Gasteiger partial charge is 0.243 e. The minimum Gasteiger partial charge on any atom is -0.353 e. The molecule has 1 aromatic rings. The number of aryl methyl sites for hydroxylation is 1. The Hall–Kier alpha value is -2.45. The molecular weight excluding hydrogens is 358 g/mol. The van der Waals surface area contributed by atoms with Crippen LogP contribution < -0.4 is 10.6 Å². The maximum absolute atomic E-state index is 12.8. The molecular formula is C20H29N5O3. The van der Waals surface area contributed by atoms with Crippen LogP contribution in [0.3, 0.4) is 0 Å². The van der Waals surface area contributed by atoms with Crippen LogP contribution in [0.1, 0.15) is 12.0 Å². The molecule has 2 saturated heterocycles. The van der Waals surface area contributed by atoms with E-state index in [0.717, 1.165) is 31.7 Å². The molecule has 2 fully saturated rings. The molecule has 0 aromatic heterocycles. The number of hydrogen-bond acceptors (Lipinski definition) is 5. The van der Waals surface area contributed by atoms with Crippen molar-refractivity contribution in [1.82, 2.24) is 20.0 Å². The quantitative estimate of drug-likeness (QED) is 0.737. The van der Waals surface area contributed by atoms with Crippen molar-refractivity contribution in [2.24, 2.45) is 0 Å². The van der Waals surface area contributed by atoms with E-state index in [1.807, 2.05) is 31.2 Å². The van der Waals surface area contributed by atoms with Crippen LogP contribution >= 0.6 is 0 Å². The summed E-state index contributed by atoms with van der Waals surface area (Å²) in [5.74, 6) is -0.632. The lowest BCUT2D eigenvalue weighted by atomic mass is 10.1. The molecule has 2 N–H and O–H groups in total. The largest absolute Gasteiger partial charge is 0.353 e. The zero-order valence-electron chi connectivity index (χ0n) is 16.6. The number of hydrogen-bond donors (Lipinski definition) is 2. The van der Waals surface area contributed by atoms with Crippen LogP contribution in [0.4, 0.5) is 5.69 Å². The SMILES string of the molecule is Cc1ccc(NC(=O)CC2C(=O)NCCN2C(=O)CN2CCN(C)CC2)cc1. The lowest BCUT2D eigenvalue weighted by Crippen LogP contribution is -2.60. The zero-order chi connectivity index (χ0) is 20.1. The first-order chi connectivity index (χ1) is 13.4. The van der Waals surface area contributed by atoms with E-state index in [-0.39, 0.29) is 30.7 Å². The number of nitrogens with zero attached hydrogens (tertiary/aromatic N) is 3. The Morgan fingerprint density at radius 3 is 2.46 bits per heavy atom. The van der Waals surface area contributed by atoms with Crippen LogP contribution in [-0.2, 0) is 14.4 Å². The Bertz CT molecular complexity index is 713. The molecule has 3 amide bonds. The molecule has 2 aliphatic heterocycles. The molecule has 2 aliphatic rings. The molecule has 8 heteroatoms. The van der Waals surface area contributed by atoms with E-state index in [4.69, 9.17) is 0 Å². The highest BCUT2D eigenvalue weighted by atomic mass is 16.2. The average molecular weight is 387 g/mol. The van der Waals surface area contributed by atoms with Gasteiger partial charge >= 0.3 is 0 Å². The highest BCUT2D eigenvalue weighted by molar-refractivity contribution is 5.97. The third-order valence-corrected chi connectivity index (χ3v) is 5.32. The molecule has 28 heavy (non-hydrogen) atoms. The summed E-state index contributed by atoms with van der Waals surface area (Å²) in [5, 5.41) is 5.58. The second kappa shape index (κ2) is 9.16. The van der Waals surface area contributed by atoms with Gasteiger partial charge in [-0.15, -0.1) is 0 Å². The molecule has 152 valence electrons. The van der Waals surface area contributed by atoms with E-state index in [9.17, 15) is 14.4 Å². The number of amides is 3. The van der Waals surface area contributed by atoms with Gasteiger partial charge in [0.25, 0.3) is 0 Å². The van der Waals surface area contributed by atoms with Gasteiger partial charge in [0.1, 0.15) is 6.04 Å². The predicted octanol–water partition coefficient (Wildman–Crippen LogP) is -0.102. The number of anilines is 1. The Balaban J connectivity index is 1.59. The van der Waals surface area contributed by atoms with Gasteiger partial charge in [-0.1, -0.05) is 17.7 Å². The maximum atomic E-state index is 12.8. The summed E-state index contributed by atoms with van der Waals surface area (Å²) in [6.45, 7) is 6.64. The van der Waals surface area contributed by atoms with Crippen LogP contribution in [0, 0.1) is 6.92 Å². The predicted molar refractivity (Wildman–Crippen MR) is 107 cm³/mol. The van der Waals surface area contributed by atoms with E-state index in [0.29, 0.717) is 18.8 Å². The van der Waals surface area contributed by atoms with Crippen LogP contribution in [0.15, 0.2) is 24.3 Å². The van der Waals surface area contributed by atoms with E-state index in [1.165, 1.54) is 0 Å². The second-order valence-corrected chi connectivity index (χ2v) is 7.59. The summed E-state index contributed by atoms with van der Waals surface area (Å²) >= 11 is 0. The van der Waals surface area contributed by atoms with Crippen LogP contribution in [0.25, 0.3) is 0 Å². The van der Waals surface area contributed by atoms with Crippen molar-refractivity contribution < 1.29 is 14.4 Å². The van der Waals surface area contributed by atoms with Gasteiger partial charge in [-0.25, -0.2) is 0 Å². The molecule has 0 spiro atoms. The fourth-order valence-corrected chi connectivity index (χ4v) is 3.53. The molecule has 3 rings (SSSR count). The fraction of sp³-hybridized carbons (Fsp3) is 0.550. The van der Waals surface area contributed by atoms with Crippen LogP contribution in [0.2, 0.25) is 0 Å². The van der Waals surface area contributed by atoms with Gasteiger partial charge < -0.3 is 20.4 Å². The highest BCUT2D eigenvalue weighted by Gasteiger charge is 2.35. The molecule has 8 nitrogen and oxygen atoms in total. The van der Waals surface area contributed by atoms with Crippen LogP contribution in [0.5, 0.6) is 0 Å². The molecule has 0 bridgehead atoms. The van der Waals surface area contributed by atoms with Gasteiger partial charge in [-0.3, -0.25) is 19.3 Å². The lowest BCUT2D eigenvalue weighted by molar-refractivity contribution is -0.145. The van der Waals surface area contributed by atoms with Gasteiger partial charge in [0.15, 0.2) is 0 Å². The van der Waals surface area contributed by atoms with Crippen molar-refractivity contribution in [3.8, 4) is 0 Å². The zero-order valence-corrected chi connectivity index (χ0v) is 16.6. The minimum atomic E-state index is -0.765. The Kier molecular flexibility index (Phi) is 6.64. The fourth-order valence-electron chi connectivity index (χ4n) is 3.53. The van der Waals surface area contributed by atoms with Crippen molar-refractivity contribution in [1.29, 1.82) is 0 Å². The number of nitrogens with one attached hydrogen (secondary N) is 2. The lowest BCUT2D eigenvalue weighted by Gasteiger charge is -2.37. The van der Waals surface area contributed by atoms with E-state index in [1.54, 1.807) is 4.90 Å². The summed E-state index contributed by atoms with van der Waals surface area (Å²) in [4.78, 5) is 43.6. The second-order valence-electron chi connectivity index (χ2n) is 7.59. The van der Waals surface area contributed by atoms with Gasteiger partial charge in [0.2, 0.25) is 17.7 Å². The van der Waals surface area contributed by atoms with E-state index < -0.39 is 6.04 Å². The average Bonchev–Trinajstić information content (AvgIpc) is 2.67. The molecule has 0 radical (unpaired) electrons. The molecule has 1 atom stereocenters. The minimum absolute atomic E-state index is 0.0474. The molecule has 0 saturated carbocycles. The molecule has 1 aromatic carbocycles.